The van der Waals surface area contributed by atoms with Gasteiger partial charge in [-0.2, -0.15) is 0 Å². The molecule has 2 amide bonds. The molecule has 2 saturated carbocycles. The average Bonchev–Trinajstić information content (AvgIpc) is 2.95. The van der Waals surface area contributed by atoms with Gasteiger partial charge in [-0.1, -0.05) is 0 Å². The van der Waals surface area contributed by atoms with Gasteiger partial charge in [-0.15, -0.1) is 0 Å². The van der Waals surface area contributed by atoms with E-state index in [0.29, 0.717) is 44.3 Å². The molecule has 7 heteroatoms. The van der Waals surface area contributed by atoms with Crippen molar-refractivity contribution in [2.75, 3.05) is 19.6 Å². The molecule has 0 bridgehead atoms. The van der Waals surface area contributed by atoms with Crippen LogP contribution in [0.15, 0.2) is 18.7 Å². The summed E-state index contributed by atoms with van der Waals surface area (Å²) in [5.41, 5.74) is 0.176. The van der Waals surface area contributed by atoms with Crippen LogP contribution in [0, 0.1) is 17.3 Å². The van der Waals surface area contributed by atoms with Gasteiger partial charge < -0.3 is 25.0 Å². The summed E-state index contributed by atoms with van der Waals surface area (Å²) in [7, 11) is 0. The van der Waals surface area contributed by atoms with Crippen LogP contribution in [0.4, 0.5) is 4.79 Å². The van der Waals surface area contributed by atoms with Gasteiger partial charge in [0.05, 0.1) is 18.5 Å². The fourth-order valence-electron chi connectivity index (χ4n) is 4.28. The minimum atomic E-state index is -0.640. The Morgan fingerprint density at radius 1 is 1.21 bits per heavy atom. The first-order chi connectivity index (χ1) is 11.5. The molecule has 1 aromatic rings. The lowest BCUT2D eigenvalue weighted by molar-refractivity contribution is -0.0372. The number of carbonyl (C=O) groups is 1. The van der Waals surface area contributed by atoms with Crippen LogP contribution in [-0.2, 0) is 6.54 Å². The number of likely N-dealkylation sites (tertiary alicyclic amines) is 1. The van der Waals surface area contributed by atoms with Crippen molar-refractivity contribution >= 4 is 6.03 Å². The summed E-state index contributed by atoms with van der Waals surface area (Å²) in [5, 5.41) is 22.7. The van der Waals surface area contributed by atoms with E-state index in [0.717, 1.165) is 19.4 Å². The third kappa shape index (κ3) is 3.15. The average molecular weight is 334 g/mol. The number of amides is 2. The Labute approximate surface area is 141 Å². The van der Waals surface area contributed by atoms with Crippen LogP contribution in [-0.4, -0.2) is 62.5 Å². The highest BCUT2D eigenvalue weighted by Crippen LogP contribution is 2.46. The number of fused-ring (bicyclic) bond motifs is 1. The molecule has 132 valence electrons. The monoisotopic (exact) mass is 334 g/mol. The summed E-state index contributed by atoms with van der Waals surface area (Å²) in [6.45, 7) is 2.97. The number of hydrogen-bond donors (Lipinski definition) is 3. The third-order valence-corrected chi connectivity index (χ3v) is 6.05. The number of aromatic nitrogens is 2. The summed E-state index contributed by atoms with van der Waals surface area (Å²) in [5.74, 6) is 0.630. The molecule has 3 fully saturated rings. The van der Waals surface area contributed by atoms with Gasteiger partial charge in [-0.05, 0) is 37.5 Å². The predicted octanol–water partition coefficient (Wildman–Crippen LogP) is 0.436. The SMILES string of the molecule is O=C(NCC1(Cn2ccnc2)CC1)N1C[C@H]2C[C@H](O)[C@@H](O)C[C@H]2C1. The molecule has 2 heterocycles. The molecule has 1 aliphatic heterocycles. The fraction of sp³-hybridized carbons (Fsp3) is 0.765. The summed E-state index contributed by atoms with van der Waals surface area (Å²) >= 11 is 0. The Morgan fingerprint density at radius 3 is 2.42 bits per heavy atom. The number of rotatable bonds is 4. The van der Waals surface area contributed by atoms with Gasteiger partial charge >= 0.3 is 6.03 Å². The molecule has 1 saturated heterocycles. The van der Waals surface area contributed by atoms with Gasteiger partial charge in [-0.3, -0.25) is 0 Å². The normalized spacial score (nSPS) is 34.0. The molecule has 1 aromatic heterocycles. The lowest BCUT2D eigenvalue weighted by atomic mass is 9.79. The summed E-state index contributed by atoms with van der Waals surface area (Å²) in [6.07, 6.45) is 7.75. The van der Waals surface area contributed by atoms with Crippen molar-refractivity contribution < 1.29 is 15.0 Å². The van der Waals surface area contributed by atoms with Crippen molar-refractivity contribution in [2.24, 2.45) is 17.3 Å². The standard InChI is InChI=1S/C17H26N4O3/c22-14-5-12-7-21(8-13(12)6-15(14)23)16(24)19-9-17(1-2-17)10-20-4-3-18-11-20/h3-4,11-15,22-23H,1-2,5-10H2,(H,19,24)/t12-,13+,14-,15-/m0/s1. The first-order valence-electron chi connectivity index (χ1n) is 8.89. The van der Waals surface area contributed by atoms with Crippen molar-refractivity contribution in [3.05, 3.63) is 18.7 Å². The van der Waals surface area contributed by atoms with E-state index in [4.69, 9.17) is 0 Å². The molecule has 0 unspecified atom stereocenters. The molecular weight excluding hydrogens is 308 g/mol. The second-order valence-corrected chi connectivity index (χ2v) is 7.92. The number of hydrogen-bond acceptors (Lipinski definition) is 4. The zero-order valence-corrected chi connectivity index (χ0v) is 13.8. The Bertz CT molecular complexity index is 569. The zero-order valence-electron chi connectivity index (χ0n) is 13.8. The number of carbonyl (C=O) groups excluding carboxylic acids is 1. The van der Waals surface area contributed by atoms with Crippen molar-refractivity contribution in [3.63, 3.8) is 0 Å². The number of nitrogens with one attached hydrogen (secondary N) is 1. The van der Waals surface area contributed by atoms with E-state index in [1.165, 1.54) is 0 Å². The highest BCUT2D eigenvalue weighted by atomic mass is 16.3. The van der Waals surface area contributed by atoms with E-state index in [-0.39, 0.29) is 11.4 Å². The van der Waals surface area contributed by atoms with Gasteiger partial charge in [-0.25, -0.2) is 9.78 Å². The van der Waals surface area contributed by atoms with Crippen LogP contribution in [0.2, 0.25) is 0 Å². The van der Waals surface area contributed by atoms with Crippen LogP contribution in [0.3, 0.4) is 0 Å². The summed E-state index contributed by atoms with van der Waals surface area (Å²) in [4.78, 5) is 18.4. The second-order valence-electron chi connectivity index (χ2n) is 7.92. The quantitative estimate of drug-likeness (QED) is 0.745. The van der Waals surface area contributed by atoms with Crippen LogP contribution in [0.1, 0.15) is 25.7 Å². The maximum Gasteiger partial charge on any atom is 0.317 e. The molecular formula is C17H26N4O3. The van der Waals surface area contributed by atoms with E-state index >= 15 is 0 Å². The van der Waals surface area contributed by atoms with Crippen molar-refractivity contribution in [2.45, 2.75) is 44.4 Å². The van der Waals surface area contributed by atoms with E-state index in [9.17, 15) is 15.0 Å². The van der Waals surface area contributed by atoms with Crippen LogP contribution in [0.25, 0.3) is 0 Å². The Balaban J connectivity index is 1.28. The summed E-state index contributed by atoms with van der Waals surface area (Å²) < 4.78 is 2.08. The lowest BCUT2D eigenvalue weighted by Gasteiger charge is -2.31. The van der Waals surface area contributed by atoms with Gasteiger partial charge in [0.15, 0.2) is 0 Å². The number of urea groups is 1. The first kappa shape index (κ1) is 15.9. The van der Waals surface area contributed by atoms with Gasteiger partial charge in [0.1, 0.15) is 0 Å². The van der Waals surface area contributed by atoms with Crippen molar-refractivity contribution in [1.29, 1.82) is 0 Å². The molecule has 24 heavy (non-hydrogen) atoms. The van der Waals surface area contributed by atoms with E-state index in [2.05, 4.69) is 14.9 Å². The first-order valence-corrected chi connectivity index (χ1v) is 8.89. The molecule has 0 aromatic carbocycles. The lowest BCUT2D eigenvalue weighted by Crippen LogP contribution is -2.42. The van der Waals surface area contributed by atoms with E-state index < -0.39 is 12.2 Å². The molecule has 0 radical (unpaired) electrons. The van der Waals surface area contributed by atoms with Crippen LogP contribution in [0.5, 0.6) is 0 Å². The van der Waals surface area contributed by atoms with Gasteiger partial charge in [0.2, 0.25) is 0 Å². The molecule has 3 aliphatic rings. The Kier molecular flexibility index (Phi) is 4.00. The smallest absolute Gasteiger partial charge is 0.317 e. The molecule has 2 aliphatic carbocycles. The second kappa shape index (κ2) is 6.04. The molecule has 3 N–H and O–H groups in total. The number of aliphatic hydroxyl groups is 2. The molecule has 7 nitrogen and oxygen atoms in total. The fourth-order valence-corrected chi connectivity index (χ4v) is 4.28. The number of aliphatic hydroxyl groups excluding tert-OH is 2. The van der Waals surface area contributed by atoms with Gasteiger partial charge in [0.25, 0.3) is 0 Å². The maximum absolute atomic E-state index is 12.5. The number of nitrogens with zero attached hydrogens (tertiary/aromatic N) is 3. The van der Waals surface area contributed by atoms with E-state index in [1.807, 2.05) is 17.4 Å². The summed E-state index contributed by atoms with van der Waals surface area (Å²) in [6, 6.07) is -0.00899. The van der Waals surface area contributed by atoms with Gasteiger partial charge in [0, 0.05) is 44.0 Å². The zero-order chi connectivity index (χ0) is 16.7. The predicted molar refractivity (Wildman–Crippen MR) is 87.1 cm³/mol. The van der Waals surface area contributed by atoms with Crippen molar-refractivity contribution in [1.82, 2.24) is 19.8 Å². The largest absolute Gasteiger partial charge is 0.390 e. The minimum absolute atomic E-state index is 0.00899. The van der Waals surface area contributed by atoms with Crippen LogP contribution >= 0.6 is 0 Å². The molecule has 0 spiro atoms. The van der Waals surface area contributed by atoms with Crippen LogP contribution < -0.4 is 5.32 Å². The topological polar surface area (TPSA) is 90.6 Å². The van der Waals surface area contributed by atoms with E-state index in [1.54, 1.807) is 6.20 Å². The van der Waals surface area contributed by atoms with Crippen molar-refractivity contribution in [3.8, 4) is 0 Å². The molecule has 4 atom stereocenters. The Morgan fingerprint density at radius 2 is 1.88 bits per heavy atom. The Hall–Kier alpha value is -1.60. The third-order valence-electron chi connectivity index (χ3n) is 6.05. The maximum atomic E-state index is 12.5. The highest BCUT2D eigenvalue weighted by Gasteiger charge is 2.45. The minimum Gasteiger partial charge on any atom is -0.390 e. The number of imidazole rings is 1. The molecule has 4 rings (SSSR count). The highest BCUT2D eigenvalue weighted by molar-refractivity contribution is 5.74.